The maximum absolute atomic E-state index is 9.68. The third-order valence-corrected chi connectivity index (χ3v) is 23.8. The monoisotopic (exact) mass is 1790 g/mol. The molecule has 12 rings (SSSR count). The summed E-state index contributed by atoms with van der Waals surface area (Å²) in [5.74, 6) is 3.84. The number of rotatable bonds is 37. The minimum absolute atomic E-state index is 0.0360. The molecule has 0 radical (unpaired) electrons. The van der Waals surface area contributed by atoms with Gasteiger partial charge in [-0.2, -0.15) is 36.5 Å². The molecule has 0 saturated carbocycles. The zero-order valence-corrected chi connectivity index (χ0v) is 79.5. The van der Waals surface area contributed by atoms with Gasteiger partial charge in [-0.1, -0.05) is 195 Å². The van der Waals surface area contributed by atoms with E-state index in [1.807, 2.05) is 155 Å². The molecule has 0 aromatic heterocycles. The Morgan fingerprint density at radius 3 is 0.911 bits per heavy atom. The number of allylic oxidation sites excluding steroid dienone is 20. The van der Waals surface area contributed by atoms with Crippen LogP contribution in [0.4, 0.5) is 22.7 Å². The number of nitrogens with zero attached hydrogens (tertiary/aromatic N) is 12. The summed E-state index contributed by atoms with van der Waals surface area (Å²) in [5.41, 5.74) is 18.9. The third kappa shape index (κ3) is 29.4. The van der Waals surface area contributed by atoms with Gasteiger partial charge in [0.1, 0.15) is 127 Å². The second-order valence-corrected chi connectivity index (χ2v) is 38.1. The molecule has 0 unspecified atom stereocenters. The summed E-state index contributed by atoms with van der Waals surface area (Å²) in [7, 11) is 8.06. The Hall–Kier alpha value is -15.7. The highest BCUT2D eigenvalue weighted by molar-refractivity contribution is 5.65. The highest BCUT2D eigenvalue weighted by Gasteiger charge is 2.31. The molecule has 20 nitrogen and oxygen atoms in total. The van der Waals surface area contributed by atoms with E-state index in [1.54, 1.807) is 0 Å². The van der Waals surface area contributed by atoms with Gasteiger partial charge in [-0.05, 0) is 261 Å². The van der Waals surface area contributed by atoms with E-state index < -0.39 is 0 Å². The van der Waals surface area contributed by atoms with Crippen molar-refractivity contribution in [3.05, 3.63) is 347 Å². The molecule has 0 N–H and O–H groups in total. The van der Waals surface area contributed by atoms with E-state index in [-0.39, 0.29) is 70.6 Å². The van der Waals surface area contributed by atoms with Gasteiger partial charge in [0, 0.05) is 69.1 Å². The fraction of sp³-hybridized carbons (Fsp3) is 0.304. The van der Waals surface area contributed by atoms with Crippen LogP contribution in [0.2, 0.25) is 0 Å². The van der Waals surface area contributed by atoms with E-state index in [0.29, 0.717) is 111 Å². The standard InChI is InChI=1S/C115H116N12O8/c1-81-15-41-104(42-16-81)135-134-79-92-57-108(131-77-90-53-105(128-46-43-124(11)100-33-25-82(26-34-100)17-21-86-49-93(97(70-116)71-117)66-112(2,3)62-86)59-106(54-90)129-47-44-125(12)101-35-27-83(28-36-101)18-22-87-50-94(98(72-118)73-119)67-113(4,5)63-87)61-109(58-92)132-78-91-55-107(130-48-45-126(13)102-37-29-84(30-38-102)20-24-89-52-96(111(76-122)123-10)69-115(8,9)65-89)60-110(56-91)133-80-127(14)103-39-31-85(32-40-103)19-23-88-51-95(99(74-120)75-121)68-114(6,7)64-88/h15-42,49-61H,43-48,62-69,77-80H2,1-9,11-14H3. The van der Waals surface area contributed by atoms with Gasteiger partial charge in [-0.25, -0.2) is 10.1 Å². The second-order valence-electron chi connectivity index (χ2n) is 38.1. The van der Waals surface area contributed by atoms with Crippen LogP contribution in [0.3, 0.4) is 0 Å². The molecular formula is C115H116N12O8. The molecule has 135 heavy (non-hydrogen) atoms. The highest BCUT2D eigenvalue weighted by atomic mass is 17.2. The van der Waals surface area contributed by atoms with Crippen LogP contribution < -0.4 is 52.9 Å². The molecule has 0 spiro atoms. The number of hydrogen-bond acceptors (Lipinski definition) is 19. The average molecular weight is 1790 g/mol. The molecule has 0 amide bonds. The fourth-order valence-electron chi connectivity index (χ4n) is 17.0. The number of ether oxygens (including phenoxy) is 6. The second kappa shape index (κ2) is 45.9. The van der Waals surface area contributed by atoms with Crippen LogP contribution in [0.25, 0.3) is 29.1 Å². The predicted molar refractivity (Wildman–Crippen MR) is 535 cm³/mol. The number of nitriles is 7. The largest absolute Gasteiger partial charge is 0.492 e. The zero-order valence-electron chi connectivity index (χ0n) is 79.5. The van der Waals surface area contributed by atoms with Crippen molar-refractivity contribution in [1.82, 2.24) is 0 Å². The fourth-order valence-corrected chi connectivity index (χ4v) is 17.0. The molecule has 0 fully saturated rings. The minimum Gasteiger partial charge on any atom is -0.492 e. The Morgan fingerprint density at radius 2 is 0.607 bits per heavy atom. The van der Waals surface area contributed by atoms with Crippen molar-refractivity contribution in [1.29, 1.82) is 36.8 Å². The van der Waals surface area contributed by atoms with Crippen molar-refractivity contribution in [2.75, 3.05) is 94.0 Å². The Morgan fingerprint density at radius 1 is 0.326 bits per heavy atom. The van der Waals surface area contributed by atoms with Crippen LogP contribution >= 0.6 is 0 Å². The van der Waals surface area contributed by atoms with Crippen molar-refractivity contribution < 1.29 is 38.2 Å². The first-order chi connectivity index (χ1) is 64.8. The Labute approximate surface area is 796 Å². The van der Waals surface area contributed by atoms with Crippen molar-refractivity contribution in [3.63, 3.8) is 0 Å². The van der Waals surface area contributed by atoms with Crippen LogP contribution in [0, 0.1) is 114 Å². The molecule has 684 valence electrons. The van der Waals surface area contributed by atoms with Gasteiger partial charge in [-0.15, -0.1) is 0 Å². The Balaban J connectivity index is 0.771. The number of aryl methyl sites for hydroxylation is 1. The molecule has 4 aliphatic rings. The summed E-state index contributed by atoms with van der Waals surface area (Å²) in [6, 6.07) is 72.5. The average Bonchev–Trinajstić information content (AvgIpc) is 0.826. The van der Waals surface area contributed by atoms with Gasteiger partial charge >= 0.3 is 0 Å². The summed E-state index contributed by atoms with van der Waals surface area (Å²) >= 11 is 0. The van der Waals surface area contributed by atoms with Gasteiger partial charge in [-0.3, -0.25) is 0 Å². The lowest BCUT2D eigenvalue weighted by atomic mass is 9.74. The molecule has 8 aromatic rings. The summed E-state index contributed by atoms with van der Waals surface area (Å²) in [6.07, 6.45) is 30.5. The van der Waals surface area contributed by atoms with E-state index in [9.17, 15) is 36.8 Å². The third-order valence-electron chi connectivity index (χ3n) is 23.8. The van der Waals surface area contributed by atoms with Crippen molar-refractivity contribution in [2.45, 2.75) is 134 Å². The van der Waals surface area contributed by atoms with Crippen molar-refractivity contribution >= 4 is 47.1 Å². The molecule has 0 aliphatic heterocycles. The van der Waals surface area contributed by atoms with Crippen LogP contribution in [-0.4, -0.2) is 74.4 Å². The van der Waals surface area contributed by atoms with Gasteiger partial charge in [0.15, 0.2) is 12.5 Å². The highest BCUT2D eigenvalue weighted by Crippen LogP contribution is 2.45. The summed E-state index contributed by atoms with van der Waals surface area (Å²) in [5, 5.41) is 67.7. The molecule has 0 heterocycles. The number of benzene rings is 8. The summed E-state index contributed by atoms with van der Waals surface area (Å²) < 4.78 is 40.1. The van der Waals surface area contributed by atoms with Crippen LogP contribution in [0.15, 0.2) is 292 Å². The van der Waals surface area contributed by atoms with E-state index in [4.69, 9.17) is 44.8 Å². The topological polar surface area (TPSA) is 258 Å². The minimum atomic E-state index is -0.105. The molecule has 8 aromatic carbocycles. The number of likely N-dealkylation sites (N-methyl/N-ethyl adjacent to an activating group) is 3. The summed E-state index contributed by atoms with van der Waals surface area (Å²) in [4.78, 5) is 23.7. The lowest BCUT2D eigenvalue weighted by Gasteiger charge is -2.30. The molecule has 0 saturated heterocycles. The van der Waals surface area contributed by atoms with Gasteiger partial charge in [0.2, 0.25) is 0 Å². The smallest absolute Gasteiger partial charge is 0.265 e. The molecular weight excluding hydrogens is 1680 g/mol. The summed E-state index contributed by atoms with van der Waals surface area (Å²) in [6.45, 7) is 29.9. The van der Waals surface area contributed by atoms with Crippen molar-refractivity contribution in [3.8, 4) is 82.7 Å². The zero-order chi connectivity index (χ0) is 96.2. The first-order valence-corrected chi connectivity index (χ1v) is 45.3. The number of hydrogen-bond donors (Lipinski definition) is 0. The maximum atomic E-state index is 9.68. The quantitative estimate of drug-likeness (QED) is 0.0115. The van der Waals surface area contributed by atoms with E-state index in [1.165, 1.54) is 0 Å². The molecule has 4 aliphatic carbocycles. The lowest BCUT2D eigenvalue weighted by molar-refractivity contribution is -0.217. The molecule has 0 bridgehead atoms. The lowest BCUT2D eigenvalue weighted by Crippen LogP contribution is -2.24. The van der Waals surface area contributed by atoms with Crippen LogP contribution in [-0.2, 0) is 24.7 Å². The Kier molecular flexibility index (Phi) is 33.5. The van der Waals surface area contributed by atoms with Gasteiger partial charge in [0.25, 0.3) is 5.70 Å². The normalized spacial score (nSPS) is 15.5. The van der Waals surface area contributed by atoms with E-state index in [2.05, 4.69) is 251 Å². The van der Waals surface area contributed by atoms with Gasteiger partial charge in [0.05, 0.1) is 32.3 Å². The van der Waals surface area contributed by atoms with E-state index >= 15 is 0 Å². The van der Waals surface area contributed by atoms with E-state index in [0.717, 1.165) is 132 Å². The molecule has 20 heteroatoms. The van der Waals surface area contributed by atoms with Gasteiger partial charge < -0.3 is 52.9 Å². The van der Waals surface area contributed by atoms with Crippen LogP contribution in [0.5, 0.6) is 40.2 Å². The first-order valence-electron chi connectivity index (χ1n) is 45.3. The number of anilines is 4. The maximum Gasteiger partial charge on any atom is 0.265 e. The SMILES string of the molecule is [C-]#[N+]C(C#N)=C1C=C(C=Cc2ccc(N(C)CCOc3cc(COc4cc(COOc5ccc(C)cc5)cc(OCc5cc(OCCN(C)c6ccc(C=CC7=CC(=C(C#N)C#N)CC(C)(C)C7)cc6)cc(OCCN(C)c6ccc(C=CC7=CC(=C(C#N)C#N)CC(C)(C)C7)cc6)c5)c4)cc(OCN(C)c4ccc(C=CC5=CC(=C(C#N)C#N)CC(C)(C)C5)cc4)c3)cc2)CC(C)(C)C1. The predicted octanol–water partition coefficient (Wildman–Crippen LogP) is 25.4. The Bertz CT molecular complexity index is 6180. The van der Waals surface area contributed by atoms with Crippen molar-refractivity contribution in [2.24, 2.45) is 21.7 Å². The van der Waals surface area contributed by atoms with Crippen LogP contribution in [0.1, 0.15) is 151 Å². The molecule has 0 atom stereocenters. The first kappa shape index (κ1) is 98.4.